The van der Waals surface area contributed by atoms with Crippen molar-refractivity contribution >= 4 is 17.7 Å². The van der Waals surface area contributed by atoms with Gasteiger partial charge in [0.05, 0.1) is 25.0 Å². The molecule has 0 radical (unpaired) electrons. The molecule has 4 nitrogen and oxygen atoms in total. The van der Waals surface area contributed by atoms with E-state index in [2.05, 4.69) is 29.2 Å². The standard InChI is InChI=1S/C21H21NO3S/c1-4-25-21(23)18-13-22-20(15-7-11-17(26-3)12-8-15)19(18)14-5-9-16(24-2)10-6-14/h5-13,22H,4H2,1-3H3. The summed E-state index contributed by atoms with van der Waals surface area (Å²) in [7, 11) is 1.63. The molecule has 0 aliphatic rings. The number of methoxy groups -OCH3 is 1. The summed E-state index contributed by atoms with van der Waals surface area (Å²) in [6.45, 7) is 2.14. The van der Waals surface area contributed by atoms with Gasteiger partial charge in [-0.1, -0.05) is 24.3 Å². The molecule has 0 saturated carbocycles. The number of carbonyl (C=O) groups excluding carboxylic acids is 1. The molecule has 0 saturated heterocycles. The number of hydrogen-bond acceptors (Lipinski definition) is 4. The molecular formula is C21H21NO3S. The molecule has 0 bridgehead atoms. The largest absolute Gasteiger partial charge is 0.497 e. The average Bonchev–Trinajstić information content (AvgIpc) is 3.13. The fourth-order valence-electron chi connectivity index (χ4n) is 2.84. The summed E-state index contributed by atoms with van der Waals surface area (Å²) < 4.78 is 10.5. The van der Waals surface area contributed by atoms with E-state index in [0.717, 1.165) is 28.1 Å². The fourth-order valence-corrected chi connectivity index (χ4v) is 3.24. The van der Waals surface area contributed by atoms with Gasteiger partial charge in [-0.25, -0.2) is 4.79 Å². The summed E-state index contributed by atoms with van der Waals surface area (Å²) >= 11 is 1.70. The molecular weight excluding hydrogens is 346 g/mol. The number of rotatable bonds is 6. The highest BCUT2D eigenvalue weighted by atomic mass is 32.2. The Morgan fingerprint density at radius 2 is 1.69 bits per heavy atom. The number of ether oxygens (including phenoxy) is 2. The van der Waals surface area contributed by atoms with Gasteiger partial charge in [0.1, 0.15) is 5.75 Å². The van der Waals surface area contributed by atoms with Gasteiger partial charge >= 0.3 is 5.97 Å². The number of hydrogen-bond donors (Lipinski definition) is 1. The minimum absolute atomic E-state index is 0.332. The molecule has 26 heavy (non-hydrogen) atoms. The van der Waals surface area contributed by atoms with Crippen LogP contribution < -0.4 is 4.74 Å². The molecule has 0 fully saturated rings. The van der Waals surface area contributed by atoms with E-state index >= 15 is 0 Å². The van der Waals surface area contributed by atoms with Crippen molar-refractivity contribution in [2.24, 2.45) is 0 Å². The summed E-state index contributed by atoms with van der Waals surface area (Å²) in [5.74, 6) is 0.439. The van der Waals surface area contributed by atoms with Crippen LogP contribution in [0.5, 0.6) is 5.75 Å². The van der Waals surface area contributed by atoms with Crippen LogP contribution in [0.4, 0.5) is 0 Å². The molecule has 2 aromatic carbocycles. The quantitative estimate of drug-likeness (QED) is 0.477. The Labute approximate surface area is 157 Å². The van der Waals surface area contributed by atoms with Crippen molar-refractivity contribution in [3.63, 3.8) is 0 Å². The monoisotopic (exact) mass is 367 g/mol. The highest BCUT2D eigenvalue weighted by Gasteiger charge is 2.21. The predicted octanol–water partition coefficient (Wildman–Crippen LogP) is 5.26. The number of esters is 1. The van der Waals surface area contributed by atoms with Crippen LogP contribution in [0.1, 0.15) is 17.3 Å². The lowest BCUT2D eigenvalue weighted by atomic mass is 9.98. The third kappa shape index (κ3) is 3.63. The highest BCUT2D eigenvalue weighted by molar-refractivity contribution is 7.98. The Morgan fingerprint density at radius 1 is 1.04 bits per heavy atom. The number of nitrogens with one attached hydrogen (secondary N) is 1. The summed E-state index contributed by atoms with van der Waals surface area (Å²) in [5.41, 5.74) is 4.21. The van der Waals surface area contributed by atoms with E-state index in [1.807, 2.05) is 30.5 Å². The van der Waals surface area contributed by atoms with Crippen molar-refractivity contribution in [3.05, 3.63) is 60.3 Å². The topological polar surface area (TPSA) is 51.3 Å². The smallest absolute Gasteiger partial charge is 0.340 e. The van der Waals surface area contributed by atoms with Crippen LogP contribution in [0.15, 0.2) is 59.6 Å². The Kier molecular flexibility index (Phi) is 5.68. The summed E-state index contributed by atoms with van der Waals surface area (Å²) in [6.07, 6.45) is 3.76. The predicted molar refractivity (Wildman–Crippen MR) is 106 cm³/mol. The number of H-pyrrole nitrogens is 1. The van der Waals surface area contributed by atoms with Crippen molar-refractivity contribution < 1.29 is 14.3 Å². The second-order valence-corrected chi connectivity index (χ2v) is 6.51. The third-order valence-electron chi connectivity index (χ3n) is 4.13. The Hall–Kier alpha value is -2.66. The lowest BCUT2D eigenvalue weighted by Crippen LogP contribution is -2.04. The minimum atomic E-state index is -0.332. The number of aromatic nitrogens is 1. The average molecular weight is 367 g/mol. The van der Waals surface area contributed by atoms with Crippen LogP contribution >= 0.6 is 11.8 Å². The molecule has 134 valence electrons. The molecule has 1 aromatic heterocycles. The van der Waals surface area contributed by atoms with Gasteiger partial charge in [-0.3, -0.25) is 0 Å². The fraction of sp³-hybridized carbons (Fsp3) is 0.190. The number of carbonyl (C=O) groups is 1. The van der Waals surface area contributed by atoms with Crippen molar-refractivity contribution in [1.82, 2.24) is 4.98 Å². The van der Waals surface area contributed by atoms with Crippen molar-refractivity contribution in [1.29, 1.82) is 0 Å². The Bertz CT molecular complexity index is 883. The Morgan fingerprint density at radius 3 is 2.27 bits per heavy atom. The number of aromatic amines is 1. The summed E-state index contributed by atoms with van der Waals surface area (Å²) in [5, 5.41) is 0. The normalized spacial score (nSPS) is 10.6. The van der Waals surface area contributed by atoms with Gasteiger partial charge < -0.3 is 14.5 Å². The van der Waals surface area contributed by atoms with Gasteiger partial charge in [0.15, 0.2) is 0 Å². The zero-order valence-corrected chi connectivity index (χ0v) is 15.9. The molecule has 0 unspecified atom stereocenters. The third-order valence-corrected chi connectivity index (χ3v) is 4.88. The van der Waals surface area contributed by atoms with E-state index in [1.165, 1.54) is 4.90 Å². The highest BCUT2D eigenvalue weighted by Crippen LogP contribution is 2.36. The first kappa shape index (κ1) is 18.1. The van der Waals surface area contributed by atoms with Crippen molar-refractivity contribution in [2.45, 2.75) is 11.8 Å². The van der Waals surface area contributed by atoms with Crippen LogP contribution in [0.3, 0.4) is 0 Å². The van der Waals surface area contributed by atoms with Crippen LogP contribution in [0.2, 0.25) is 0 Å². The maximum absolute atomic E-state index is 12.4. The van der Waals surface area contributed by atoms with E-state index in [4.69, 9.17) is 9.47 Å². The second kappa shape index (κ2) is 8.15. The summed E-state index contributed by atoms with van der Waals surface area (Å²) in [6, 6.07) is 15.9. The molecule has 0 spiro atoms. The lowest BCUT2D eigenvalue weighted by Gasteiger charge is -2.09. The minimum Gasteiger partial charge on any atom is -0.497 e. The SMILES string of the molecule is CCOC(=O)c1c[nH]c(-c2ccc(SC)cc2)c1-c1ccc(OC)cc1. The maximum Gasteiger partial charge on any atom is 0.340 e. The van der Waals surface area contributed by atoms with E-state index in [-0.39, 0.29) is 5.97 Å². The molecule has 3 aromatic rings. The molecule has 0 atom stereocenters. The molecule has 0 aliphatic heterocycles. The van der Waals surface area contributed by atoms with Gasteiger partial charge in [0, 0.05) is 16.7 Å². The first-order valence-electron chi connectivity index (χ1n) is 8.35. The van der Waals surface area contributed by atoms with Crippen LogP contribution in [-0.2, 0) is 4.74 Å². The van der Waals surface area contributed by atoms with Crippen molar-refractivity contribution in [2.75, 3.05) is 20.0 Å². The molecule has 1 heterocycles. The Balaban J connectivity index is 2.12. The van der Waals surface area contributed by atoms with Gasteiger partial charge in [0.2, 0.25) is 0 Å². The first-order chi connectivity index (χ1) is 12.7. The van der Waals surface area contributed by atoms with Gasteiger partial charge in [-0.15, -0.1) is 11.8 Å². The number of thioether (sulfide) groups is 1. The van der Waals surface area contributed by atoms with Crippen molar-refractivity contribution in [3.8, 4) is 28.1 Å². The molecule has 0 amide bonds. The number of benzene rings is 2. The zero-order chi connectivity index (χ0) is 18.5. The van der Waals surface area contributed by atoms with Gasteiger partial charge in [-0.05, 0) is 48.6 Å². The lowest BCUT2D eigenvalue weighted by molar-refractivity contribution is 0.0527. The molecule has 0 aliphatic carbocycles. The van der Waals surface area contributed by atoms with Crippen LogP contribution in [0.25, 0.3) is 22.4 Å². The second-order valence-electron chi connectivity index (χ2n) is 5.63. The molecule has 1 N–H and O–H groups in total. The van der Waals surface area contributed by atoms with Crippen LogP contribution in [-0.4, -0.2) is 30.9 Å². The van der Waals surface area contributed by atoms with E-state index in [9.17, 15) is 4.79 Å². The van der Waals surface area contributed by atoms with Crippen LogP contribution in [0, 0.1) is 0 Å². The first-order valence-corrected chi connectivity index (χ1v) is 9.57. The van der Waals surface area contributed by atoms with Gasteiger partial charge in [-0.2, -0.15) is 0 Å². The van der Waals surface area contributed by atoms with E-state index < -0.39 is 0 Å². The summed E-state index contributed by atoms with van der Waals surface area (Å²) in [4.78, 5) is 16.9. The van der Waals surface area contributed by atoms with E-state index in [1.54, 1.807) is 32.0 Å². The van der Waals surface area contributed by atoms with Gasteiger partial charge in [0.25, 0.3) is 0 Å². The van der Waals surface area contributed by atoms with E-state index in [0.29, 0.717) is 12.2 Å². The molecule has 5 heteroatoms. The molecule has 3 rings (SSSR count). The zero-order valence-electron chi connectivity index (χ0n) is 15.0. The maximum atomic E-state index is 12.4.